The highest BCUT2D eigenvalue weighted by Gasteiger charge is 2.24. The average Bonchev–Trinajstić information content (AvgIpc) is 2.82. The van der Waals surface area contributed by atoms with Gasteiger partial charge in [0.2, 0.25) is 11.8 Å². The molecule has 35 heavy (non-hydrogen) atoms. The Balaban J connectivity index is 1.56. The zero-order valence-corrected chi connectivity index (χ0v) is 20.9. The topological polar surface area (TPSA) is 106 Å². The first kappa shape index (κ1) is 23.5. The third kappa shape index (κ3) is 5.40. The van der Waals surface area contributed by atoms with Crippen molar-refractivity contribution >= 4 is 21.7 Å². The number of anilines is 2. The standard InChI is InChI=1S/C26H31N5O3S/c1-17-7-6-8-18(2)25(17)23-13-24-30-26(29-23)31-35(32,33)22-12-20(14-27-15-22)28-21(16-34-24)11-19-9-4-3-5-10-19/h6-8,12-15,19,21,28H,3-5,9-11,16H2,1-2H3,(H,29,30,31)/t21-/m1/s1. The molecular formula is C26H31N5O3S. The second-order valence-corrected chi connectivity index (χ2v) is 11.3. The lowest BCUT2D eigenvalue weighted by Gasteiger charge is -2.28. The Morgan fingerprint density at radius 3 is 2.57 bits per heavy atom. The van der Waals surface area contributed by atoms with Crippen molar-refractivity contribution in [3.05, 3.63) is 53.9 Å². The van der Waals surface area contributed by atoms with Crippen molar-refractivity contribution < 1.29 is 13.2 Å². The minimum atomic E-state index is -3.94. The van der Waals surface area contributed by atoms with Crippen molar-refractivity contribution in [2.75, 3.05) is 16.6 Å². The smallest absolute Gasteiger partial charge is 0.265 e. The van der Waals surface area contributed by atoms with Crippen molar-refractivity contribution in [1.82, 2.24) is 15.0 Å². The Kier molecular flexibility index (Phi) is 6.60. The molecule has 0 saturated heterocycles. The first-order valence-electron chi connectivity index (χ1n) is 12.2. The second-order valence-electron chi connectivity index (χ2n) is 9.59. The van der Waals surface area contributed by atoms with Crippen molar-refractivity contribution in [1.29, 1.82) is 0 Å². The summed E-state index contributed by atoms with van der Waals surface area (Å²) in [4.78, 5) is 13.2. The lowest BCUT2D eigenvalue weighted by molar-refractivity contribution is 0.247. The van der Waals surface area contributed by atoms with Crippen molar-refractivity contribution in [3.8, 4) is 17.1 Å². The molecular weight excluding hydrogens is 462 g/mol. The number of aromatic nitrogens is 3. The summed E-state index contributed by atoms with van der Waals surface area (Å²) in [5.74, 6) is 0.932. The summed E-state index contributed by atoms with van der Waals surface area (Å²) >= 11 is 0. The van der Waals surface area contributed by atoms with E-state index >= 15 is 0 Å². The van der Waals surface area contributed by atoms with E-state index in [1.807, 2.05) is 32.0 Å². The number of fused-ring (bicyclic) bond motifs is 4. The van der Waals surface area contributed by atoms with E-state index in [1.54, 1.807) is 18.3 Å². The number of nitrogens with one attached hydrogen (secondary N) is 2. The number of hydrogen-bond acceptors (Lipinski definition) is 7. The number of pyridine rings is 1. The van der Waals surface area contributed by atoms with Gasteiger partial charge in [-0.05, 0) is 43.4 Å². The largest absolute Gasteiger partial charge is 0.475 e. The van der Waals surface area contributed by atoms with E-state index in [0.29, 0.717) is 29.8 Å². The van der Waals surface area contributed by atoms with E-state index in [9.17, 15) is 8.42 Å². The van der Waals surface area contributed by atoms with Crippen LogP contribution in [0.5, 0.6) is 5.88 Å². The van der Waals surface area contributed by atoms with Gasteiger partial charge in [-0.1, -0.05) is 50.3 Å². The lowest BCUT2D eigenvalue weighted by atomic mass is 9.85. The molecule has 1 aliphatic carbocycles. The van der Waals surface area contributed by atoms with Crippen LogP contribution in [0.3, 0.4) is 0 Å². The normalized spacial score (nSPS) is 19.9. The highest BCUT2D eigenvalue weighted by molar-refractivity contribution is 7.92. The van der Waals surface area contributed by atoms with Crippen LogP contribution in [0, 0.1) is 19.8 Å². The van der Waals surface area contributed by atoms with Crippen molar-refractivity contribution in [2.24, 2.45) is 5.92 Å². The van der Waals surface area contributed by atoms with E-state index in [4.69, 9.17) is 4.74 Å². The molecule has 1 atom stereocenters. The molecule has 5 rings (SSSR count). The van der Waals surface area contributed by atoms with Gasteiger partial charge in [0.25, 0.3) is 10.0 Å². The van der Waals surface area contributed by atoms with Crippen LogP contribution in [0.1, 0.15) is 49.7 Å². The predicted molar refractivity (Wildman–Crippen MR) is 136 cm³/mol. The monoisotopic (exact) mass is 493 g/mol. The van der Waals surface area contributed by atoms with Gasteiger partial charge in [-0.25, -0.2) is 18.1 Å². The lowest BCUT2D eigenvalue weighted by Crippen LogP contribution is -2.31. The number of rotatable bonds is 3. The van der Waals surface area contributed by atoms with Gasteiger partial charge in [0.1, 0.15) is 11.5 Å². The predicted octanol–water partition coefficient (Wildman–Crippen LogP) is 5.10. The maximum absolute atomic E-state index is 13.2. The third-order valence-corrected chi connectivity index (χ3v) is 8.13. The van der Waals surface area contributed by atoms with E-state index < -0.39 is 10.0 Å². The van der Waals surface area contributed by atoms with Gasteiger partial charge in [0.15, 0.2) is 0 Å². The van der Waals surface area contributed by atoms with Gasteiger partial charge in [-0.15, -0.1) is 0 Å². The van der Waals surface area contributed by atoms with Gasteiger partial charge in [0, 0.05) is 17.8 Å². The van der Waals surface area contributed by atoms with Crippen LogP contribution < -0.4 is 14.8 Å². The molecule has 2 aliphatic rings. The number of benzene rings is 1. The van der Waals surface area contributed by atoms with E-state index in [-0.39, 0.29) is 16.9 Å². The van der Waals surface area contributed by atoms with Crippen LogP contribution in [-0.2, 0) is 10.0 Å². The maximum Gasteiger partial charge on any atom is 0.265 e. The average molecular weight is 494 g/mol. The number of nitrogens with zero attached hydrogens (tertiary/aromatic N) is 3. The Labute approximate surface area is 206 Å². The first-order chi connectivity index (χ1) is 16.9. The summed E-state index contributed by atoms with van der Waals surface area (Å²) < 4.78 is 35.0. The second kappa shape index (κ2) is 9.81. The maximum atomic E-state index is 13.2. The molecule has 0 unspecified atom stereocenters. The fourth-order valence-corrected chi connectivity index (χ4v) is 6.06. The summed E-state index contributed by atoms with van der Waals surface area (Å²) in [5.41, 5.74) is 4.28. The van der Waals surface area contributed by atoms with Crippen LogP contribution >= 0.6 is 0 Å². The molecule has 0 amide bonds. The molecule has 1 aliphatic heterocycles. The molecule has 0 spiro atoms. The fourth-order valence-electron chi connectivity index (χ4n) is 5.13. The zero-order valence-electron chi connectivity index (χ0n) is 20.1. The Morgan fingerprint density at radius 2 is 1.80 bits per heavy atom. The van der Waals surface area contributed by atoms with Crippen molar-refractivity contribution in [2.45, 2.75) is 63.3 Å². The van der Waals surface area contributed by atoms with Gasteiger partial charge in [-0.2, -0.15) is 4.98 Å². The van der Waals surface area contributed by atoms with E-state index in [1.165, 1.54) is 38.3 Å². The fraction of sp³-hybridized carbons (Fsp3) is 0.423. The SMILES string of the molecule is Cc1cccc(C)c1-c1cc2nc(n1)NS(=O)(=O)c1cncc(c1)N[C@H](CC1CCCCC1)CO2. The van der Waals surface area contributed by atoms with E-state index in [2.05, 4.69) is 25.0 Å². The molecule has 8 nitrogen and oxygen atoms in total. The molecule has 1 fully saturated rings. The van der Waals surface area contributed by atoms with Crippen LogP contribution in [0.25, 0.3) is 11.3 Å². The highest BCUT2D eigenvalue weighted by atomic mass is 32.2. The van der Waals surface area contributed by atoms with Crippen LogP contribution in [0.2, 0.25) is 0 Å². The molecule has 4 bridgehead atoms. The van der Waals surface area contributed by atoms with Crippen molar-refractivity contribution in [3.63, 3.8) is 0 Å². The molecule has 0 radical (unpaired) electrons. The van der Waals surface area contributed by atoms with Gasteiger partial charge >= 0.3 is 0 Å². The number of hydrogen-bond donors (Lipinski definition) is 2. The zero-order chi connectivity index (χ0) is 24.4. The van der Waals surface area contributed by atoms with Crippen LogP contribution in [-0.4, -0.2) is 36.0 Å². The molecule has 9 heteroatoms. The molecule has 184 valence electrons. The molecule has 2 N–H and O–H groups in total. The first-order valence-corrected chi connectivity index (χ1v) is 13.7. The summed E-state index contributed by atoms with van der Waals surface area (Å²) in [5, 5.41) is 3.47. The number of ether oxygens (including phenoxy) is 1. The van der Waals surface area contributed by atoms with Gasteiger partial charge in [-0.3, -0.25) is 4.98 Å². The Bertz CT molecular complexity index is 1300. The summed E-state index contributed by atoms with van der Waals surface area (Å²) in [6.45, 7) is 4.42. The highest BCUT2D eigenvalue weighted by Crippen LogP contribution is 2.31. The molecule has 3 aromatic rings. The van der Waals surface area contributed by atoms with Gasteiger partial charge in [0.05, 0.1) is 23.6 Å². The third-order valence-electron chi connectivity index (χ3n) is 6.83. The molecule has 1 saturated carbocycles. The van der Waals surface area contributed by atoms with E-state index in [0.717, 1.165) is 23.1 Å². The van der Waals surface area contributed by atoms with Gasteiger partial charge < -0.3 is 10.1 Å². The van der Waals surface area contributed by atoms with Crippen LogP contribution in [0.4, 0.5) is 11.6 Å². The van der Waals surface area contributed by atoms with Crippen LogP contribution in [0.15, 0.2) is 47.6 Å². The quantitative estimate of drug-likeness (QED) is 0.523. The Morgan fingerprint density at radius 1 is 1.03 bits per heavy atom. The molecule has 3 heterocycles. The molecule has 2 aromatic heterocycles. The number of sulfonamides is 1. The summed E-state index contributed by atoms with van der Waals surface area (Å²) in [6.07, 6.45) is 10.2. The molecule has 1 aromatic carbocycles. The summed E-state index contributed by atoms with van der Waals surface area (Å²) in [7, 11) is -3.94. The Hall–Kier alpha value is -3.20. The summed E-state index contributed by atoms with van der Waals surface area (Å²) in [6, 6.07) is 9.39. The minimum Gasteiger partial charge on any atom is -0.475 e. The minimum absolute atomic E-state index is 0.00713. The number of aryl methyl sites for hydroxylation is 2.